The molecule has 1 aliphatic rings. The fraction of sp³-hybridized carbons (Fsp3) is 0.316. The highest BCUT2D eigenvalue weighted by molar-refractivity contribution is 6.32. The van der Waals surface area contributed by atoms with Gasteiger partial charge < -0.3 is 10.4 Å². The molecule has 0 fully saturated rings. The van der Waals surface area contributed by atoms with Crippen LogP contribution in [0.3, 0.4) is 0 Å². The molecule has 0 saturated heterocycles. The van der Waals surface area contributed by atoms with Crippen LogP contribution in [0.2, 0.25) is 5.02 Å². The molecule has 2 aromatic carbocycles. The van der Waals surface area contributed by atoms with Crippen molar-refractivity contribution in [1.29, 1.82) is 0 Å². The lowest BCUT2D eigenvalue weighted by molar-refractivity contribution is 0.0951. The van der Waals surface area contributed by atoms with Crippen LogP contribution in [-0.4, -0.2) is 35.5 Å². The topological polar surface area (TPSA) is 52.6 Å². The van der Waals surface area contributed by atoms with E-state index in [2.05, 4.69) is 34.5 Å². The van der Waals surface area contributed by atoms with Crippen molar-refractivity contribution in [1.82, 2.24) is 10.2 Å². The Kier molecular flexibility index (Phi) is 5.38. The van der Waals surface area contributed by atoms with E-state index in [0.29, 0.717) is 12.1 Å². The first-order valence-electron chi connectivity index (χ1n) is 8.19. The third-order valence-electron chi connectivity index (χ3n) is 4.36. The highest BCUT2D eigenvalue weighted by atomic mass is 35.5. The fourth-order valence-corrected chi connectivity index (χ4v) is 3.18. The molecule has 2 N–H and O–H groups in total. The van der Waals surface area contributed by atoms with Gasteiger partial charge in [0.15, 0.2) is 0 Å². The van der Waals surface area contributed by atoms with E-state index in [-0.39, 0.29) is 16.7 Å². The molecule has 3 rings (SSSR count). The highest BCUT2D eigenvalue weighted by Crippen LogP contribution is 2.23. The van der Waals surface area contributed by atoms with E-state index in [1.807, 2.05) is 0 Å². The molecule has 0 aliphatic carbocycles. The van der Waals surface area contributed by atoms with Gasteiger partial charge in [0.25, 0.3) is 5.91 Å². The van der Waals surface area contributed by atoms with E-state index in [9.17, 15) is 9.90 Å². The zero-order valence-corrected chi connectivity index (χ0v) is 14.2. The van der Waals surface area contributed by atoms with Crippen molar-refractivity contribution >= 4 is 17.5 Å². The maximum absolute atomic E-state index is 12.1. The minimum absolute atomic E-state index is 0.0152. The number of phenolic OH excluding ortho intramolecular Hbond substituents is 1. The van der Waals surface area contributed by atoms with Gasteiger partial charge in [0, 0.05) is 31.7 Å². The molecule has 0 aromatic heterocycles. The van der Waals surface area contributed by atoms with Crippen LogP contribution >= 0.6 is 11.6 Å². The minimum Gasteiger partial charge on any atom is -0.506 e. The van der Waals surface area contributed by atoms with Crippen LogP contribution in [0.5, 0.6) is 5.75 Å². The number of nitrogens with one attached hydrogen (secondary N) is 1. The summed E-state index contributed by atoms with van der Waals surface area (Å²) >= 11 is 5.83. The fourth-order valence-electron chi connectivity index (χ4n) is 3.00. The Hall–Kier alpha value is -2.04. The van der Waals surface area contributed by atoms with E-state index < -0.39 is 0 Å². The molecule has 0 saturated carbocycles. The summed E-state index contributed by atoms with van der Waals surface area (Å²) < 4.78 is 0. The molecule has 1 aliphatic heterocycles. The number of carbonyl (C=O) groups excluding carboxylic acids is 1. The third-order valence-corrected chi connectivity index (χ3v) is 4.66. The molecule has 0 bridgehead atoms. The van der Waals surface area contributed by atoms with E-state index in [1.165, 1.54) is 23.3 Å². The number of phenols is 1. The second-order valence-corrected chi connectivity index (χ2v) is 6.48. The number of halogens is 1. The van der Waals surface area contributed by atoms with Crippen molar-refractivity contribution < 1.29 is 9.90 Å². The predicted octanol–water partition coefficient (Wildman–Crippen LogP) is 3.22. The molecule has 0 spiro atoms. The van der Waals surface area contributed by atoms with Crippen molar-refractivity contribution in [3.8, 4) is 5.75 Å². The summed E-state index contributed by atoms with van der Waals surface area (Å²) in [4.78, 5) is 14.5. The number of hydrogen-bond acceptors (Lipinski definition) is 3. The lowest BCUT2D eigenvalue weighted by atomic mass is 10.00. The van der Waals surface area contributed by atoms with Crippen LogP contribution in [0.15, 0.2) is 42.5 Å². The number of hydrogen-bond donors (Lipinski definition) is 2. The maximum atomic E-state index is 12.1. The van der Waals surface area contributed by atoms with Gasteiger partial charge in [-0.05, 0) is 42.2 Å². The number of nitrogens with zero attached hydrogens (tertiary/aromatic N) is 1. The highest BCUT2D eigenvalue weighted by Gasteiger charge is 2.15. The normalized spacial score (nSPS) is 14.2. The molecule has 1 heterocycles. The molecular formula is C19H21ClN2O2. The lowest BCUT2D eigenvalue weighted by Gasteiger charge is -2.28. The molecule has 4 nitrogen and oxygen atoms in total. The van der Waals surface area contributed by atoms with Crippen molar-refractivity contribution in [2.24, 2.45) is 0 Å². The average molecular weight is 345 g/mol. The van der Waals surface area contributed by atoms with Crippen LogP contribution in [0.25, 0.3) is 0 Å². The standard InChI is InChI=1S/C19H21ClN2O2/c20-17-12-15(6-7-18(17)23)19(24)21-9-3-10-22-11-8-14-4-1-2-5-16(14)13-22/h1-2,4-7,12,23H,3,8-11,13H2,(H,21,24). The molecule has 1 amide bonds. The minimum atomic E-state index is -0.166. The van der Waals surface area contributed by atoms with Gasteiger partial charge in [0.1, 0.15) is 5.75 Å². The van der Waals surface area contributed by atoms with Crippen LogP contribution in [-0.2, 0) is 13.0 Å². The summed E-state index contributed by atoms with van der Waals surface area (Å²) in [7, 11) is 0. The van der Waals surface area contributed by atoms with Gasteiger partial charge in [-0.2, -0.15) is 0 Å². The van der Waals surface area contributed by atoms with Crippen molar-refractivity contribution in [3.63, 3.8) is 0 Å². The second-order valence-electron chi connectivity index (χ2n) is 6.07. The Morgan fingerprint density at radius 3 is 2.79 bits per heavy atom. The first-order chi connectivity index (χ1) is 11.6. The molecular weight excluding hydrogens is 324 g/mol. The van der Waals surface area contributed by atoms with E-state index in [4.69, 9.17) is 11.6 Å². The van der Waals surface area contributed by atoms with Gasteiger partial charge >= 0.3 is 0 Å². The van der Waals surface area contributed by atoms with E-state index in [1.54, 1.807) is 6.07 Å². The number of aromatic hydroxyl groups is 1. The Morgan fingerprint density at radius 1 is 1.21 bits per heavy atom. The Bertz CT molecular complexity index is 733. The van der Waals surface area contributed by atoms with Crippen LogP contribution < -0.4 is 5.32 Å². The van der Waals surface area contributed by atoms with Crippen LogP contribution in [0.4, 0.5) is 0 Å². The molecule has 24 heavy (non-hydrogen) atoms. The number of fused-ring (bicyclic) bond motifs is 1. The van der Waals surface area contributed by atoms with Gasteiger partial charge in [0.2, 0.25) is 0 Å². The first kappa shape index (κ1) is 16.8. The summed E-state index contributed by atoms with van der Waals surface area (Å²) in [6.07, 6.45) is 1.99. The zero-order valence-electron chi connectivity index (χ0n) is 13.5. The molecule has 0 radical (unpaired) electrons. The van der Waals surface area contributed by atoms with Crippen molar-refractivity contribution in [3.05, 3.63) is 64.2 Å². The molecule has 5 heteroatoms. The van der Waals surface area contributed by atoms with Crippen molar-refractivity contribution in [2.75, 3.05) is 19.6 Å². The molecule has 126 valence electrons. The molecule has 0 atom stereocenters. The summed E-state index contributed by atoms with van der Waals surface area (Å²) in [5.41, 5.74) is 3.32. The number of benzene rings is 2. The van der Waals surface area contributed by atoms with E-state index >= 15 is 0 Å². The van der Waals surface area contributed by atoms with Crippen molar-refractivity contribution in [2.45, 2.75) is 19.4 Å². The van der Waals surface area contributed by atoms with Crippen LogP contribution in [0, 0.1) is 0 Å². The molecule has 2 aromatic rings. The third kappa shape index (κ3) is 4.08. The van der Waals surface area contributed by atoms with E-state index in [0.717, 1.165) is 32.5 Å². The van der Waals surface area contributed by atoms with Gasteiger partial charge in [-0.15, -0.1) is 0 Å². The largest absolute Gasteiger partial charge is 0.506 e. The summed E-state index contributed by atoms with van der Waals surface area (Å²) in [6, 6.07) is 13.1. The quantitative estimate of drug-likeness (QED) is 0.819. The molecule has 0 unspecified atom stereocenters. The smallest absolute Gasteiger partial charge is 0.251 e. The Morgan fingerprint density at radius 2 is 2.00 bits per heavy atom. The van der Waals surface area contributed by atoms with Crippen LogP contribution in [0.1, 0.15) is 27.9 Å². The Labute approximate surface area is 147 Å². The average Bonchev–Trinajstić information content (AvgIpc) is 2.60. The van der Waals surface area contributed by atoms with Gasteiger partial charge in [-0.3, -0.25) is 9.69 Å². The number of rotatable bonds is 5. The Balaban J connectivity index is 1.43. The van der Waals surface area contributed by atoms with Gasteiger partial charge in [-0.1, -0.05) is 35.9 Å². The first-order valence-corrected chi connectivity index (χ1v) is 8.57. The monoisotopic (exact) mass is 344 g/mol. The summed E-state index contributed by atoms with van der Waals surface area (Å²) in [5.74, 6) is -0.181. The number of carbonyl (C=O) groups is 1. The zero-order chi connectivity index (χ0) is 16.9. The number of amides is 1. The van der Waals surface area contributed by atoms with Gasteiger partial charge in [-0.25, -0.2) is 0 Å². The SMILES string of the molecule is O=C(NCCCN1CCc2ccccc2C1)c1ccc(O)c(Cl)c1. The summed E-state index contributed by atoms with van der Waals surface area (Å²) in [5, 5.41) is 12.5. The summed E-state index contributed by atoms with van der Waals surface area (Å²) in [6.45, 7) is 3.64. The second kappa shape index (κ2) is 7.69. The van der Waals surface area contributed by atoms with Gasteiger partial charge in [0.05, 0.1) is 5.02 Å². The maximum Gasteiger partial charge on any atom is 0.251 e. The predicted molar refractivity (Wildman–Crippen MR) is 95.5 cm³/mol. The lowest BCUT2D eigenvalue weighted by Crippen LogP contribution is -2.33.